The van der Waals surface area contributed by atoms with Crippen LogP contribution in [0.2, 0.25) is 0 Å². The number of likely N-dealkylation sites (tertiary alicyclic amines) is 1. The van der Waals surface area contributed by atoms with Crippen molar-refractivity contribution in [3.05, 3.63) is 48.5 Å². The molecule has 0 bridgehead atoms. The first-order valence-electron chi connectivity index (χ1n) is 10.3. The van der Waals surface area contributed by atoms with Crippen LogP contribution in [0.1, 0.15) is 12.8 Å². The number of hydrogen-bond acceptors (Lipinski definition) is 7. The quantitative estimate of drug-likeness (QED) is 0.553. The number of sulfone groups is 1. The van der Waals surface area contributed by atoms with Crippen molar-refractivity contribution in [2.45, 2.75) is 28.8 Å². The van der Waals surface area contributed by atoms with Crippen LogP contribution in [0.4, 0.5) is 13.2 Å². The van der Waals surface area contributed by atoms with E-state index in [0.717, 1.165) is 12.1 Å². The predicted octanol–water partition coefficient (Wildman–Crippen LogP) is 3.72. The Kier molecular flexibility index (Phi) is 7.74. The molecule has 34 heavy (non-hydrogen) atoms. The van der Waals surface area contributed by atoms with Crippen molar-refractivity contribution < 1.29 is 45.7 Å². The molecular formula is C22H24F3NO7S. The number of rotatable bonds is 9. The lowest BCUT2D eigenvalue weighted by molar-refractivity contribution is -0.274. The number of halogens is 3. The number of aliphatic carboxylic acids is 1. The zero-order valence-corrected chi connectivity index (χ0v) is 19.1. The second-order valence-corrected chi connectivity index (χ2v) is 9.99. The SMILES string of the molecule is COCCN1CCC(C(=O)O)(S(=O)(=O)c2ccc(Oc3ccc(OC(F)(F)F)cc3)cc2)CC1. The zero-order chi connectivity index (χ0) is 25.0. The summed E-state index contributed by atoms with van der Waals surface area (Å²) in [6.45, 7) is 1.67. The summed E-state index contributed by atoms with van der Waals surface area (Å²) in [7, 11) is -2.66. The molecule has 1 aliphatic rings. The summed E-state index contributed by atoms with van der Waals surface area (Å²) in [6, 6.07) is 9.92. The molecule has 0 aromatic heterocycles. The van der Waals surface area contributed by atoms with Crippen molar-refractivity contribution in [1.29, 1.82) is 0 Å². The summed E-state index contributed by atoms with van der Waals surface area (Å²) >= 11 is 0. The normalized spacial score (nSPS) is 16.7. The third-order valence-electron chi connectivity index (χ3n) is 5.61. The molecule has 0 atom stereocenters. The van der Waals surface area contributed by atoms with E-state index >= 15 is 0 Å². The number of alkyl halides is 3. The van der Waals surface area contributed by atoms with Gasteiger partial charge in [0, 0.05) is 26.7 Å². The van der Waals surface area contributed by atoms with Gasteiger partial charge >= 0.3 is 12.3 Å². The van der Waals surface area contributed by atoms with Crippen LogP contribution >= 0.6 is 0 Å². The average molecular weight is 503 g/mol. The van der Waals surface area contributed by atoms with Crippen molar-refractivity contribution in [2.75, 3.05) is 33.4 Å². The topological polar surface area (TPSA) is 102 Å². The summed E-state index contributed by atoms with van der Waals surface area (Å²) in [4.78, 5) is 13.9. The van der Waals surface area contributed by atoms with Crippen molar-refractivity contribution in [2.24, 2.45) is 0 Å². The fourth-order valence-electron chi connectivity index (χ4n) is 3.71. The molecule has 0 radical (unpaired) electrons. The molecular weight excluding hydrogens is 479 g/mol. The molecule has 8 nitrogen and oxygen atoms in total. The number of carbonyl (C=O) groups is 1. The minimum absolute atomic E-state index is 0.0566. The van der Waals surface area contributed by atoms with Crippen LogP contribution in [-0.4, -0.2) is 68.9 Å². The second-order valence-electron chi connectivity index (χ2n) is 7.73. The van der Waals surface area contributed by atoms with E-state index in [1.807, 2.05) is 4.90 Å². The van der Waals surface area contributed by atoms with Gasteiger partial charge in [-0.1, -0.05) is 0 Å². The van der Waals surface area contributed by atoms with Gasteiger partial charge in [-0.15, -0.1) is 13.2 Å². The van der Waals surface area contributed by atoms with Gasteiger partial charge in [0.2, 0.25) is 0 Å². The zero-order valence-electron chi connectivity index (χ0n) is 18.2. The lowest BCUT2D eigenvalue weighted by Crippen LogP contribution is -2.54. The molecule has 12 heteroatoms. The first-order valence-corrected chi connectivity index (χ1v) is 11.8. The summed E-state index contributed by atoms with van der Waals surface area (Å²) in [5.74, 6) is -1.37. The molecule has 2 aromatic carbocycles. The Morgan fingerprint density at radius 1 is 1.00 bits per heavy atom. The van der Waals surface area contributed by atoms with E-state index in [2.05, 4.69) is 4.74 Å². The molecule has 3 rings (SSSR count). The van der Waals surface area contributed by atoms with Crippen LogP contribution < -0.4 is 9.47 Å². The van der Waals surface area contributed by atoms with Gasteiger partial charge in [-0.3, -0.25) is 4.79 Å². The molecule has 0 aliphatic carbocycles. The van der Waals surface area contributed by atoms with Crippen LogP contribution in [0.25, 0.3) is 0 Å². The van der Waals surface area contributed by atoms with E-state index in [1.54, 1.807) is 7.11 Å². The Bertz CT molecular complexity index is 1080. The van der Waals surface area contributed by atoms with Crippen molar-refractivity contribution in [1.82, 2.24) is 4.90 Å². The smallest absolute Gasteiger partial charge is 0.480 e. The third kappa shape index (κ3) is 5.80. The van der Waals surface area contributed by atoms with Gasteiger partial charge in [-0.05, 0) is 61.4 Å². The highest BCUT2D eigenvalue weighted by molar-refractivity contribution is 7.93. The fourth-order valence-corrected chi connectivity index (χ4v) is 5.61. The summed E-state index contributed by atoms with van der Waals surface area (Å²) in [5.41, 5.74) is 0. The van der Waals surface area contributed by atoms with Gasteiger partial charge < -0.3 is 24.2 Å². The van der Waals surface area contributed by atoms with Gasteiger partial charge in [0.15, 0.2) is 14.6 Å². The maximum absolute atomic E-state index is 13.3. The minimum atomic E-state index is -4.81. The summed E-state index contributed by atoms with van der Waals surface area (Å²) in [6.07, 6.45) is -4.92. The lowest BCUT2D eigenvalue weighted by Gasteiger charge is -2.38. The Labute approximate surface area is 194 Å². The molecule has 0 unspecified atom stereocenters. The highest BCUT2D eigenvalue weighted by Crippen LogP contribution is 2.37. The highest BCUT2D eigenvalue weighted by atomic mass is 32.2. The van der Waals surface area contributed by atoms with Gasteiger partial charge in [0.25, 0.3) is 0 Å². The molecule has 1 N–H and O–H groups in total. The van der Waals surface area contributed by atoms with Gasteiger partial charge in [0.1, 0.15) is 17.2 Å². The lowest BCUT2D eigenvalue weighted by atomic mass is 9.96. The Morgan fingerprint density at radius 2 is 1.50 bits per heavy atom. The Balaban J connectivity index is 1.73. The van der Waals surface area contributed by atoms with Crippen LogP contribution in [0.5, 0.6) is 17.2 Å². The predicted molar refractivity (Wildman–Crippen MR) is 115 cm³/mol. The summed E-state index contributed by atoms with van der Waals surface area (Å²) < 4.78 is 75.8. The van der Waals surface area contributed by atoms with E-state index in [0.29, 0.717) is 26.2 Å². The standard InChI is InChI=1S/C22H24F3NO7S/c1-31-15-14-26-12-10-21(11-13-26,20(27)28)34(29,30)19-8-6-17(7-9-19)32-16-2-4-18(5-3-16)33-22(23,24)25/h2-9H,10-15H2,1H3,(H,27,28). The number of ether oxygens (including phenoxy) is 3. The molecule has 0 amide bonds. The third-order valence-corrected chi connectivity index (χ3v) is 8.11. The van der Waals surface area contributed by atoms with E-state index in [4.69, 9.17) is 9.47 Å². The number of benzene rings is 2. The summed E-state index contributed by atoms with van der Waals surface area (Å²) in [5, 5.41) is 9.86. The van der Waals surface area contributed by atoms with Crippen LogP contribution in [0.3, 0.4) is 0 Å². The molecule has 186 valence electrons. The molecule has 0 spiro atoms. The molecule has 1 fully saturated rings. The van der Waals surface area contributed by atoms with E-state index in [9.17, 15) is 31.5 Å². The van der Waals surface area contributed by atoms with Crippen molar-refractivity contribution in [3.63, 3.8) is 0 Å². The maximum atomic E-state index is 13.3. The van der Waals surface area contributed by atoms with E-state index < -0.39 is 32.7 Å². The molecule has 2 aromatic rings. The van der Waals surface area contributed by atoms with Gasteiger partial charge in [-0.25, -0.2) is 8.42 Å². The minimum Gasteiger partial charge on any atom is -0.480 e. The highest BCUT2D eigenvalue weighted by Gasteiger charge is 2.53. The van der Waals surface area contributed by atoms with Crippen molar-refractivity contribution >= 4 is 15.8 Å². The molecule has 0 saturated carbocycles. The number of hydrogen-bond donors (Lipinski definition) is 1. The number of carboxylic acid groups (broad SMARTS) is 1. The molecule has 1 heterocycles. The monoisotopic (exact) mass is 503 g/mol. The van der Waals surface area contributed by atoms with Gasteiger partial charge in [-0.2, -0.15) is 0 Å². The number of piperidine rings is 1. The van der Waals surface area contributed by atoms with Crippen molar-refractivity contribution in [3.8, 4) is 17.2 Å². The molecule has 1 aliphatic heterocycles. The van der Waals surface area contributed by atoms with Gasteiger partial charge in [0.05, 0.1) is 11.5 Å². The number of carboxylic acids is 1. The molecule has 1 saturated heterocycles. The van der Waals surface area contributed by atoms with Crippen LogP contribution in [0, 0.1) is 0 Å². The second kappa shape index (κ2) is 10.2. The Hall–Kier alpha value is -2.83. The first-order chi connectivity index (χ1) is 16.0. The average Bonchev–Trinajstić information content (AvgIpc) is 2.78. The largest absolute Gasteiger partial charge is 0.573 e. The van der Waals surface area contributed by atoms with E-state index in [-0.39, 0.29) is 29.2 Å². The first kappa shape index (κ1) is 25.8. The van der Waals surface area contributed by atoms with E-state index in [1.165, 1.54) is 36.4 Å². The number of nitrogens with zero attached hydrogens (tertiary/aromatic N) is 1. The Morgan fingerprint density at radius 3 is 1.97 bits per heavy atom. The van der Waals surface area contributed by atoms with Crippen LogP contribution in [-0.2, 0) is 19.4 Å². The maximum Gasteiger partial charge on any atom is 0.573 e. The number of methoxy groups -OCH3 is 1. The fraction of sp³-hybridized carbons (Fsp3) is 0.409. The van der Waals surface area contributed by atoms with Crippen LogP contribution in [0.15, 0.2) is 53.4 Å².